The zero-order chi connectivity index (χ0) is 17.8. The fourth-order valence-corrected chi connectivity index (χ4v) is 8.69. The lowest BCUT2D eigenvalue weighted by molar-refractivity contribution is 0.115. The van der Waals surface area contributed by atoms with Crippen molar-refractivity contribution >= 4 is 18.5 Å². The first-order chi connectivity index (χ1) is 12.8. The second kappa shape index (κ2) is 8.68. The molecule has 1 N–H and O–H groups in total. The van der Waals surface area contributed by atoms with Crippen molar-refractivity contribution in [3.8, 4) is 0 Å². The molecule has 2 fully saturated rings. The van der Waals surface area contributed by atoms with E-state index >= 15 is 0 Å². The van der Waals surface area contributed by atoms with Crippen LogP contribution in [0.2, 0.25) is 0 Å². The Labute approximate surface area is 159 Å². The Morgan fingerprint density at radius 2 is 1.27 bits per heavy atom. The summed E-state index contributed by atoms with van der Waals surface area (Å²) in [6.07, 6.45) is 10.2. The van der Waals surface area contributed by atoms with Gasteiger partial charge < -0.3 is 5.11 Å². The van der Waals surface area contributed by atoms with Crippen LogP contribution in [0.5, 0.6) is 0 Å². The Balaban J connectivity index is 1.77. The first kappa shape index (κ1) is 18.2. The van der Waals surface area contributed by atoms with E-state index < -0.39 is 7.92 Å². The predicted molar refractivity (Wildman–Crippen MR) is 113 cm³/mol. The number of rotatable bonds is 5. The van der Waals surface area contributed by atoms with Gasteiger partial charge in [-0.05, 0) is 61.7 Å². The van der Waals surface area contributed by atoms with Crippen molar-refractivity contribution in [3.05, 3.63) is 60.7 Å². The van der Waals surface area contributed by atoms with E-state index in [0.717, 1.165) is 12.3 Å². The summed E-state index contributed by atoms with van der Waals surface area (Å²) < 4.78 is 0. The van der Waals surface area contributed by atoms with E-state index in [1.54, 1.807) is 0 Å². The second-order valence-corrected chi connectivity index (χ2v) is 10.5. The number of hydrogen-bond acceptors (Lipinski definition) is 1. The van der Waals surface area contributed by atoms with Gasteiger partial charge in [-0.2, -0.15) is 0 Å². The molecule has 0 amide bonds. The largest absolute Gasteiger partial charge is 0.393 e. The standard InChI is InChI=1S/C24H31OP/c25-23-18-10-17-22(23)24(19-11-4-1-5-12-19)26(20-13-6-2-7-14-20)21-15-8-3-9-16-21/h2-3,6-9,13-16,19,22-25H,1,4-5,10-12,17-18H2/t22-,23+,24+/m1/s1. The minimum Gasteiger partial charge on any atom is -0.393 e. The van der Waals surface area contributed by atoms with Gasteiger partial charge >= 0.3 is 0 Å². The van der Waals surface area contributed by atoms with Gasteiger partial charge in [-0.3, -0.25) is 0 Å². The van der Waals surface area contributed by atoms with E-state index in [2.05, 4.69) is 60.7 Å². The molecule has 2 aromatic carbocycles. The van der Waals surface area contributed by atoms with Gasteiger partial charge in [-0.25, -0.2) is 0 Å². The van der Waals surface area contributed by atoms with Crippen LogP contribution in [0, 0.1) is 11.8 Å². The lowest BCUT2D eigenvalue weighted by Crippen LogP contribution is -2.38. The van der Waals surface area contributed by atoms with E-state index in [1.807, 2.05) is 0 Å². The third-order valence-electron chi connectivity index (χ3n) is 6.47. The molecule has 2 aliphatic carbocycles. The van der Waals surface area contributed by atoms with Gasteiger partial charge in [0.25, 0.3) is 0 Å². The van der Waals surface area contributed by atoms with Crippen molar-refractivity contribution in [2.45, 2.75) is 63.1 Å². The van der Waals surface area contributed by atoms with Gasteiger partial charge in [-0.15, -0.1) is 0 Å². The molecule has 138 valence electrons. The summed E-state index contributed by atoms with van der Waals surface area (Å²) in [7, 11) is -0.435. The third kappa shape index (κ3) is 3.90. The Kier molecular flexibility index (Phi) is 6.08. The molecule has 0 heterocycles. The highest BCUT2D eigenvalue weighted by molar-refractivity contribution is 7.73. The number of hydrogen-bond donors (Lipinski definition) is 1. The maximum atomic E-state index is 10.8. The van der Waals surface area contributed by atoms with Crippen LogP contribution in [0.1, 0.15) is 51.4 Å². The maximum absolute atomic E-state index is 10.8. The lowest BCUT2D eigenvalue weighted by Gasteiger charge is -2.41. The summed E-state index contributed by atoms with van der Waals surface area (Å²) >= 11 is 0. The molecule has 0 radical (unpaired) electrons. The Morgan fingerprint density at radius 1 is 0.692 bits per heavy atom. The van der Waals surface area contributed by atoms with Crippen LogP contribution in [-0.4, -0.2) is 16.9 Å². The van der Waals surface area contributed by atoms with Crippen LogP contribution in [-0.2, 0) is 0 Å². The molecular weight excluding hydrogens is 335 g/mol. The molecule has 26 heavy (non-hydrogen) atoms. The van der Waals surface area contributed by atoms with E-state index in [-0.39, 0.29) is 6.10 Å². The van der Waals surface area contributed by atoms with E-state index in [0.29, 0.717) is 11.6 Å². The van der Waals surface area contributed by atoms with Crippen molar-refractivity contribution in [2.75, 3.05) is 0 Å². The molecule has 0 spiro atoms. The van der Waals surface area contributed by atoms with E-state index in [1.165, 1.54) is 55.6 Å². The average molecular weight is 366 g/mol. The minimum atomic E-state index is -0.435. The van der Waals surface area contributed by atoms with Crippen LogP contribution >= 0.6 is 7.92 Å². The zero-order valence-electron chi connectivity index (χ0n) is 15.6. The highest BCUT2D eigenvalue weighted by Gasteiger charge is 2.42. The molecule has 4 rings (SSSR count). The maximum Gasteiger partial charge on any atom is 0.0574 e. The molecule has 2 aliphatic rings. The normalized spacial score (nSPS) is 25.5. The van der Waals surface area contributed by atoms with Gasteiger partial charge in [0, 0.05) is 0 Å². The van der Waals surface area contributed by atoms with Crippen LogP contribution in [0.25, 0.3) is 0 Å². The van der Waals surface area contributed by atoms with Crippen LogP contribution in [0.4, 0.5) is 0 Å². The molecule has 0 aliphatic heterocycles. The SMILES string of the molecule is O[C@H]1CCC[C@H]1[C@H](C1CCCCC1)P(c1ccccc1)c1ccccc1. The quantitative estimate of drug-likeness (QED) is 0.719. The topological polar surface area (TPSA) is 20.2 Å². The lowest BCUT2D eigenvalue weighted by atomic mass is 9.81. The van der Waals surface area contributed by atoms with E-state index in [4.69, 9.17) is 0 Å². The van der Waals surface area contributed by atoms with Crippen molar-refractivity contribution in [2.24, 2.45) is 11.8 Å². The number of aliphatic hydroxyl groups excluding tert-OH is 1. The molecule has 2 heteroatoms. The Morgan fingerprint density at radius 3 is 1.77 bits per heavy atom. The third-order valence-corrected chi connectivity index (χ3v) is 9.58. The van der Waals surface area contributed by atoms with Crippen molar-refractivity contribution in [3.63, 3.8) is 0 Å². The highest BCUT2D eigenvalue weighted by atomic mass is 31.1. The minimum absolute atomic E-state index is 0.0978. The van der Waals surface area contributed by atoms with Gasteiger partial charge in [0.2, 0.25) is 0 Å². The highest BCUT2D eigenvalue weighted by Crippen LogP contribution is 2.53. The summed E-state index contributed by atoms with van der Waals surface area (Å²) in [6.45, 7) is 0. The van der Waals surface area contributed by atoms with Crippen molar-refractivity contribution in [1.82, 2.24) is 0 Å². The molecule has 0 aromatic heterocycles. The van der Waals surface area contributed by atoms with Gasteiger partial charge in [0.1, 0.15) is 0 Å². The molecule has 0 saturated heterocycles. The fourth-order valence-electron chi connectivity index (χ4n) is 5.27. The van der Waals surface area contributed by atoms with Crippen LogP contribution in [0.15, 0.2) is 60.7 Å². The zero-order valence-corrected chi connectivity index (χ0v) is 16.5. The van der Waals surface area contributed by atoms with Crippen molar-refractivity contribution < 1.29 is 5.11 Å². The summed E-state index contributed by atoms with van der Waals surface area (Å²) in [5, 5.41) is 13.8. The van der Waals surface area contributed by atoms with Gasteiger partial charge in [-0.1, -0.05) is 86.3 Å². The first-order valence-corrected chi connectivity index (χ1v) is 11.8. The Hall–Kier alpha value is -1.17. The van der Waals surface area contributed by atoms with E-state index in [9.17, 15) is 5.11 Å². The smallest absolute Gasteiger partial charge is 0.0574 e. The van der Waals surface area contributed by atoms with Crippen molar-refractivity contribution in [1.29, 1.82) is 0 Å². The van der Waals surface area contributed by atoms with Crippen LogP contribution in [0.3, 0.4) is 0 Å². The molecule has 1 nitrogen and oxygen atoms in total. The summed E-state index contributed by atoms with van der Waals surface area (Å²) in [5.41, 5.74) is 0.618. The molecule has 0 unspecified atom stereocenters. The Bertz CT molecular complexity index is 626. The fraction of sp³-hybridized carbons (Fsp3) is 0.500. The molecular formula is C24H31OP. The number of benzene rings is 2. The molecule has 2 aromatic rings. The summed E-state index contributed by atoms with van der Waals surface area (Å²) in [4.78, 5) is 0. The molecule has 2 saturated carbocycles. The molecule has 3 atom stereocenters. The summed E-state index contributed by atoms with van der Waals surface area (Å²) in [5.74, 6) is 1.25. The average Bonchev–Trinajstić information content (AvgIpc) is 3.13. The van der Waals surface area contributed by atoms with Gasteiger partial charge in [0.15, 0.2) is 0 Å². The summed E-state index contributed by atoms with van der Waals surface area (Å²) in [6, 6.07) is 22.3. The first-order valence-electron chi connectivity index (χ1n) is 10.4. The van der Waals surface area contributed by atoms with Crippen LogP contribution < -0.4 is 10.6 Å². The second-order valence-electron chi connectivity index (χ2n) is 8.09. The number of aliphatic hydroxyl groups is 1. The van der Waals surface area contributed by atoms with Gasteiger partial charge in [0.05, 0.1) is 6.10 Å². The predicted octanol–water partition coefficient (Wildman–Crippen LogP) is 5.23. The molecule has 0 bridgehead atoms. The monoisotopic (exact) mass is 366 g/mol.